The Bertz CT molecular complexity index is 451. The molecule has 0 unspecified atom stereocenters. The zero-order valence-corrected chi connectivity index (χ0v) is 12.2. The molecule has 0 aliphatic heterocycles. The Balaban J connectivity index is 2.38. The fourth-order valence-corrected chi connectivity index (χ4v) is 2.02. The number of alkyl halides is 3. The van der Waals surface area contributed by atoms with Gasteiger partial charge in [0.1, 0.15) is 0 Å². The standard InChI is InChI=1S/C12H12BrClF3NO/c13-10-4-3-8(14)7-9(10)11(19)18-6-2-1-5-12(15,16)17/h3-4,7H,1-2,5-6H2,(H,18,19). The number of benzene rings is 1. The van der Waals surface area contributed by atoms with Crippen LogP contribution in [-0.2, 0) is 0 Å². The van der Waals surface area contributed by atoms with Crippen LogP contribution in [0.1, 0.15) is 29.6 Å². The fraction of sp³-hybridized carbons (Fsp3) is 0.417. The topological polar surface area (TPSA) is 29.1 Å². The highest BCUT2D eigenvalue weighted by molar-refractivity contribution is 9.10. The molecular weight excluding hydrogens is 346 g/mol. The Morgan fingerprint density at radius 3 is 2.63 bits per heavy atom. The van der Waals surface area contributed by atoms with Crippen LogP contribution in [0.3, 0.4) is 0 Å². The van der Waals surface area contributed by atoms with Crippen molar-refractivity contribution in [1.29, 1.82) is 0 Å². The van der Waals surface area contributed by atoms with Crippen molar-refractivity contribution < 1.29 is 18.0 Å². The van der Waals surface area contributed by atoms with Gasteiger partial charge in [-0.25, -0.2) is 0 Å². The second-order valence-corrected chi connectivity index (χ2v) is 5.24. The summed E-state index contributed by atoms with van der Waals surface area (Å²) < 4.78 is 36.3. The quantitative estimate of drug-likeness (QED) is 0.768. The van der Waals surface area contributed by atoms with Crippen molar-refractivity contribution in [1.82, 2.24) is 5.32 Å². The lowest BCUT2D eigenvalue weighted by molar-refractivity contribution is -0.135. The predicted molar refractivity (Wildman–Crippen MR) is 71.4 cm³/mol. The first-order valence-corrected chi connectivity index (χ1v) is 6.77. The molecule has 19 heavy (non-hydrogen) atoms. The van der Waals surface area contributed by atoms with Crippen molar-refractivity contribution in [2.45, 2.75) is 25.4 Å². The van der Waals surface area contributed by atoms with Gasteiger partial charge in [0.05, 0.1) is 5.56 Å². The second-order valence-electron chi connectivity index (χ2n) is 3.95. The van der Waals surface area contributed by atoms with Gasteiger partial charge >= 0.3 is 6.18 Å². The summed E-state index contributed by atoms with van der Waals surface area (Å²) >= 11 is 8.98. The molecule has 1 rings (SSSR count). The third-order valence-electron chi connectivity index (χ3n) is 2.35. The SMILES string of the molecule is O=C(NCCCCC(F)(F)F)c1cc(Cl)ccc1Br. The average Bonchev–Trinajstić information content (AvgIpc) is 2.30. The van der Waals surface area contributed by atoms with Crippen LogP contribution in [0.5, 0.6) is 0 Å². The van der Waals surface area contributed by atoms with Gasteiger partial charge in [-0.05, 0) is 47.0 Å². The van der Waals surface area contributed by atoms with Crippen molar-refractivity contribution in [2.24, 2.45) is 0 Å². The fourth-order valence-electron chi connectivity index (χ4n) is 1.42. The lowest BCUT2D eigenvalue weighted by Gasteiger charge is -2.08. The van der Waals surface area contributed by atoms with E-state index in [1.165, 1.54) is 6.07 Å². The van der Waals surface area contributed by atoms with Crippen LogP contribution < -0.4 is 5.32 Å². The number of carbonyl (C=O) groups is 1. The third kappa shape index (κ3) is 6.29. The van der Waals surface area contributed by atoms with Gasteiger partial charge in [0.25, 0.3) is 5.91 Å². The first-order valence-electron chi connectivity index (χ1n) is 5.59. The summed E-state index contributed by atoms with van der Waals surface area (Å²) in [6, 6.07) is 4.77. The smallest absolute Gasteiger partial charge is 0.352 e. The zero-order valence-electron chi connectivity index (χ0n) is 9.86. The molecule has 0 fully saturated rings. The van der Waals surface area contributed by atoms with Crippen LogP contribution >= 0.6 is 27.5 Å². The molecule has 2 nitrogen and oxygen atoms in total. The number of hydrogen-bond donors (Lipinski definition) is 1. The number of rotatable bonds is 5. The van der Waals surface area contributed by atoms with Crippen molar-refractivity contribution in [2.75, 3.05) is 6.54 Å². The second kappa shape index (κ2) is 7.14. The Morgan fingerprint density at radius 1 is 1.32 bits per heavy atom. The van der Waals surface area contributed by atoms with Crippen molar-refractivity contribution in [3.8, 4) is 0 Å². The maximum absolute atomic E-state index is 11.9. The van der Waals surface area contributed by atoms with Gasteiger partial charge in [-0.2, -0.15) is 13.2 Å². The Morgan fingerprint density at radius 2 is 2.00 bits per heavy atom. The minimum absolute atomic E-state index is 0.000492. The number of unbranched alkanes of at least 4 members (excludes halogenated alkanes) is 1. The van der Waals surface area contributed by atoms with Gasteiger partial charge in [-0.3, -0.25) is 4.79 Å². The van der Waals surface area contributed by atoms with E-state index in [1.807, 2.05) is 0 Å². The lowest BCUT2D eigenvalue weighted by atomic mass is 10.2. The van der Waals surface area contributed by atoms with Crippen LogP contribution in [0.25, 0.3) is 0 Å². The molecule has 1 aromatic carbocycles. The van der Waals surface area contributed by atoms with Crippen molar-refractivity contribution >= 4 is 33.4 Å². The lowest BCUT2D eigenvalue weighted by Crippen LogP contribution is -2.25. The number of halogens is 5. The minimum Gasteiger partial charge on any atom is -0.352 e. The molecule has 1 amide bonds. The molecule has 0 spiro atoms. The van der Waals surface area contributed by atoms with Crippen LogP contribution in [0, 0.1) is 0 Å². The van der Waals surface area contributed by atoms with Crippen LogP contribution in [0.15, 0.2) is 22.7 Å². The Labute approximate surface area is 122 Å². The molecule has 1 aromatic rings. The van der Waals surface area contributed by atoms with Gasteiger partial charge in [0.15, 0.2) is 0 Å². The molecule has 7 heteroatoms. The summed E-state index contributed by atoms with van der Waals surface area (Å²) in [5.41, 5.74) is 0.364. The number of hydrogen-bond acceptors (Lipinski definition) is 1. The van der Waals surface area contributed by atoms with Crippen molar-refractivity contribution in [3.05, 3.63) is 33.3 Å². The van der Waals surface area contributed by atoms with Gasteiger partial charge in [0, 0.05) is 22.5 Å². The molecule has 0 radical (unpaired) electrons. The van der Waals surface area contributed by atoms with Gasteiger partial charge in [-0.1, -0.05) is 11.6 Å². The van der Waals surface area contributed by atoms with E-state index >= 15 is 0 Å². The molecule has 0 aliphatic carbocycles. The normalized spacial score (nSPS) is 11.4. The van der Waals surface area contributed by atoms with Crippen LogP contribution in [-0.4, -0.2) is 18.6 Å². The molecule has 0 saturated heterocycles. The van der Waals surface area contributed by atoms with Gasteiger partial charge in [-0.15, -0.1) is 0 Å². The Hall–Kier alpha value is -0.750. The summed E-state index contributed by atoms with van der Waals surface area (Å²) in [5.74, 6) is -0.360. The molecule has 106 valence electrons. The highest BCUT2D eigenvalue weighted by Crippen LogP contribution is 2.22. The third-order valence-corrected chi connectivity index (χ3v) is 3.27. The molecule has 0 aromatic heterocycles. The van der Waals surface area contributed by atoms with Crippen LogP contribution in [0.4, 0.5) is 13.2 Å². The molecule has 0 bridgehead atoms. The van der Waals surface area contributed by atoms with Crippen LogP contribution in [0.2, 0.25) is 5.02 Å². The summed E-state index contributed by atoms with van der Waals surface area (Å²) in [4.78, 5) is 11.8. The molecule has 0 atom stereocenters. The van der Waals surface area contributed by atoms with E-state index in [0.29, 0.717) is 15.1 Å². The molecule has 1 N–H and O–H groups in total. The van der Waals surface area contributed by atoms with E-state index in [9.17, 15) is 18.0 Å². The van der Waals surface area contributed by atoms with E-state index in [0.717, 1.165) is 0 Å². The summed E-state index contributed by atoms with van der Waals surface area (Å²) in [5, 5.41) is 2.98. The highest BCUT2D eigenvalue weighted by atomic mass is 79.9. The summed E-state index contributed by atoms with van der Waals surface area (Å²) in [6.07, 6.45) is -4.69. The number of amides is 1. The maximum Gasteiger partial charge on any atom is 0.389 e. The Kier molecular flexibility index (Phi) is 6.13. The van der Waals surface area contributed by atoms with E-state index in [4.69, 9.17) is 11.6 Å². The largest absolute Gasteiger partial charge is 0.389 e. The predicted octanol–water partition coefficient (Wildman–Crippen LogP) is 4.56. The van der Waals surface area contributed by atoms with E-state index in [2.05, 4.69) is 21.2 Å². The van der Waals surface area contributed by atoms with E-state index in [1.54, 1.807) is 12.1 Å². The van der Waals surface area contributed by atoms with Gasteiger partial charge < -0.3 is 5.32 Å². The summed E-state index contributed by atoms with van der Waals surface area (Å²) in [7, 11) is 0. The average molecular weight is 359 g/mol. The van der Waals surface area contributed by atoms with Gasteiger partial charge in [0.2, 0.25) is 0 Å². The first kappa shape index (κ1) is 16.3. The van der Waals surface area contributed by atoms with E-state index in [-0.39, 0.29) is 25.3 Å². The summed E-state index contributed by atoms with van der Waals surface area (Å²) in [6.45, 7) is 0.202. The van der Waals surface area contributed by atoms with E-state index < -0.39 is 12.6 Å². The van der Waals surface area contributed by atoms with Crippen molar-refractivity contribution in [3.63, 3.8) is 0 Å². The minimum atomic E-state index is -4.14. The maximum atomic E-state index is 11.9. The highest BCUT2D eigenvalue weighted by Gasteiger charge is 2.25. The number of nitrogens with one attached hydrogen (secondary N) is 1. The molecule has 0 heterocycles. The monoisotopic (exact) mass is 357 g/mol. The number of carbonyl (C=O) groups excluding carboxylic acids is 1. The molecule has 0 aliphatic rings. The molecular formula is C12H12BrClF3NO. The first-order chi connectivity index (χ1) is 8.79. The zero-order chi connectivity index (χ0) is 14.5. The molecule has 0 saturated carbocycles.